The Morgan fingerprint density at radius 1 is 1.20 bits per heavy atom. The molecule has 1 aliphatic heterocycles. The van der Waals surface area contributed by atoms with Crippen molar-refractivity contribution >= 4 is 11.7 Å². The molecular weight excluding hydrogens is 318 g/mol. The highest BCUT2D eigenvalue weighted by Crippen LogP contribution is 2.20. The van der Waals surface area contributed by atoms with Crippen LogP contribution in [0.25, 0.3) is 0 Å². The van der Waals surface area contributed by atoms with Crippen LogP contribution in [0.1, 0.15) is 26.7 Å². The first-order chi connectivity index (χ1) is 12.2. The molecule has 2 N–H and O–H groups in total. The second-order valence-electron chi connectivity index (χ2n) is 6.36. The number of methoxy groups -OCH3 is 1. The lowest BCUT2D eigenvalue weighted by Crippen LogP contribution is -2.52. The summed E-state index contributed by atoms with van der Waals surface area (Å²) in [4.78, 5) is 14.7. The third-order valence-corrected chi connectivity index (χ3v) is 4.93. The number of carbonyl (C=O) groups excluding carboxylic acids is 1. The zero-order chi connectivity index (χ0) is 18.1. The molecule has 1 aromatic carbocycles. The molecule has 1 heterocycles. The van der Waals surface area contributed by atoms with E-state index in [4.69, 9.17) is 9.47 Å². The average molecular weight is 349 g/mol. The van der Waals surface area contributed by atoms with Crippen molar-refractivity contribution in [3.8, 4) is 5.75 Å². The number of amides is 2. The number of nitrogens with one attached hydrogen (secondary N) is 2. The normalized spacial score (nSPS) is 16.5. The molecule has 1 fully saturated rings. The minimum Gasteiger partial charge on any atom is -0.497 e. The summed E-state index contributed by atoms with van der Waals surface area (Å²) in [5.74, 6) is 1.34. The predicted molar refractivity (Wildman–Crippen MR) is 100 cm³/mol. The molecule has 1 aromatic rings. The molecule has 0 bridgehead atoms. The smallest absolute Gasteiger partial charge is 0.319 e. The monoisotopic (exact) mass is 349 g/mol. The Labute approximate surface area is 150 Å². The number of benzene rings is 1. The third kappa shape index (κ3) is 5.90. The first-order valence-electron chi connectivity index (χ1n) is 9.18. The minimum absolute atomic E-state index is 0.172. The summed E-state index contributed by atoms with van der Waals surface area (Å²) in [5, 5.41) is 5.92. The molecule has 6 nitrogen and oxygen atoms in total. The summed E-state index contributed by atoms with van der Waals surface area (Å²) < 4.78 is 10.6. The van der Waals surface area contributed by atoms with E-state index in [1.165, 1.54) is 0 Å². The molecule has 1 saturated heterocycles. The summed E-state index contributed by atoms with van der Waals surface area (Å²) in [5.41, 5.74) is 0.753. The molecule has 0 saturated carbocycles. The number of morpholine rings is 1. The summed E-state index contributed by atoms with van der Waals surface area (Å²) in [7, 11) is 1.62. The Bertz CT molecular complexity index is 511. The molecule has 2 amide bonds. The van der Waals surface area contributed by atoms with Crippen molar-refractivity contribution < 1.29 is 14.3 Å². The average Bonchev–Trinajstić information content (AvgIpc) is 2.66. The van der Waals surface area contributed by atoms with Gasteiger partial charge >= 0.3 is 6.03 Å². The molecule has 2 rings (SSSR count). The lowest BCUT2D eigenvalue weighted by atomic mass is 9.92. The van der Waals surface area contributed by atoms with Gasteiger partial charge in [-0.25, -0.2) is 4.79 Å². The van der Waals surface area contributed by atoms with Crippen molar-refractivity contribution in [3.05, 3.63) is 24.3 Å². The fraction of sp³-hybridized carbons (Fsp3) is 0.632. The standard InChI is InChI=1S/C19H31N3O3/c1-4-15(5-2)18(22-10-12-25-13-11-22)14-20-19(23)21-16-6-8-17(24-3)9-7-16/h6-9,15,18H,4-5,10-14H2,1-3H3,(H2,20,21,23)/t18-/m0/s1. The zero-order valence-corrected chi connectivity index (χ0v) is 15.6. The molecule has 25 heavy (non-hydrogen) atoms. The Morgan fingerprint density at radius 2 is 1.84 bits per heavy atom. The highest BCUT2D eigenvalue weighted by molar-refractivity contribution is 5.89. The van der Waals surface area contributed by atoms with Crippen molar-refractivity contribution in [2.75, 3.05) is 45.3 Å². The van der Waals surface area contributed by atoms with E-state index >= 15 is 0 Å². The minimum atomic E-state index is -0.172. The summed E-state index contributed by atoms with van der Waals surface area (Å²) in [6.07, 6.45) is 2.22. The molecule has 0 radical (unpaired) electrons. The van der Waals surface area contributed by atoms with Gasteiger partial charge in [-0.3, -0.25) is 4.90 Å². The SMILES string of the molecule is CCC(CC)[C@H](CNC(=O)Nc1ccc(OC)cc1)N1CCOCC1. The summed E-state index contributed by atoms with van der Waals surface area (Å²) in [6.45, 7) is 8.50. The quantitative estimate of drug-likeness (QED) is 0.757. The van der Waals surface area contributed by atoms with E-state index in [-0.39, 0.29) is 6.03 Å². The number of rotatable bonds is 8. The van der Waals surface area contributed by atoms with Gasteiger partial charge in [-0.15, -0.1) is 0 Å². The van der Waals surface area contributed by atoms with Crippen LogP contribution in [0.3, 0.4) is 0 Å². The van der Waals surface area contributed by atoms with Gasteiger partial charge in [0.25, 0.3) is 0 Å². The van der Waals surface area contributed by atoms with E-state index in [2.05, 4.69) is 29.4 Å². The molecule has 0 unspecified atom stereocenters. The lowest BCUT2D eigenvalue weighted by molar-refractivity contribution is 0.00247. The van der Waals surface area contributed by atoms with Gasteiger partial charge < -0.3 is 20.1 Å². The molecule has 1 atom stereocenters. The van der Waals surface area contributed by atoms with Gasteiger partial charge in [0, 0.05) is 31.4 Å². The van der Waals surface area contributed by atoms with Crippen LogP contribution < -0.4 is 15.4 Å². The summed E-state index contributed by atoms with van der Waals surface area (Å²) >= 11 is 0. The van der Waals surface area contributed by atoms with Crippen LogP contribution in [0, 0.1) is 5.92 Å². The number of urea groups is 1. The number of anilines is 1. The Hall–Kier alpha value is -1.79. The molecule has 140 valence electrons. The second-order valence-corrected chi connectivity index (χ2v) is 6.36. The number of carbonyl (C=O) groups is 1. The van der Waals surface area contributed by atoms with Crippen molar-refractivity contribution in [2.45, 2.75) is 32.7 Å². The van der Waals surface area contributed by atoms with Gasteiger partial charge in [0.05, 0.1) is 20.3 Å². The fourth-order valence-electron chi connectivity index (χ4n) is 3.38. The van der Waals surface area contributed by atoms with Crippen LogP contribution >= 0.6 is 0 Å². The highest BCUT2D eigenvalue weighted by Gasteiger charge is 2.27. The van der Waals surface area contributed by atoms with Crippen LogP contribution in [-0.2, 0) is 4.74 Å². The van der Waals surface area contributed by atoms with Crippen LogP contribution in [0.5, 0.6) is 5.75 Å². The fourth-order valence-corrected chi connectivity index (χ4v) is 3.38. The third-order valence-electron chi connectivity index (χ3n) is 4.93. The Kier molecular flexibility index (Phi) is 8.01. The van der Waals surface area contributed by atoms with Gasteiger partial charge in [-0.1, -0.05) is 26.7 Å². The van der Waals surface area contributed by atoms with Crippen LogP contribution in [0.4, 0.5) is 10.5 Å². The Morgan fingerprint density at radius 3 is 2.40 bits per heavy atom. The largest absolute Gasteiger partial charge is 0.497 e. The summed E-state index contributed by atoms with van der Waals surface area (Å²) in [6, 6.07) is 7.50. The zero-order valence-electron chi connectivity index (χ0n) is 15.6. The number of hydrogen-bond acceptors (Lipinski definition) is 4. The lowest BCUT2D eigenvalue weighted by Gasteiger charge is -2.38. The van der Waals surface area contributed by atoms with E-state index in [0.717, 1.165) is 50.6 Å². The van der Waals surface area contributed by atoms with Crippen LogP contribution in [0.15, 0.2) is 24.3 Å². The maximum Gasteiger partial charge on any atom is 0.319 e. The predicted octanol–water partition coefficient (Wildman–Crippen LogP) is 2.95. The van der Waals surface area contributed by atoms with Gasteiger partial charge in [-0.05, 0) is 30.2 Å². The van der Waals surface area contributed by atoms with E-state index in [1.54, 1.807) is 7.11 Å². The van der Waals surface area contributed by atoms with Crippen molar-refractivity contribution in [1.29, 1.82) is 0 Å². The van der Waals surface area contributed by atoms with E-state index in [0.29, 0.717) is 18.5 Å². The van der Waals surface area contributed by atoms with Crippen molar-refractivity contribution in [2.24, 2.45) is 5.92 Å². The van der Waals surface area contributed by atoms with Gasteiger partial charge in [0.1, 0.15) is 5.75 Å². The second kappa shape index (κ2) is 10.3. The molecule has 1 aliphatic rings. The molecule has 0 aliphatic carbocycles. The first-order valence-corrected chi connectivity index (χ1v) is 9.18. The maximum absolute atomic E-state index is 12.3. The first kappa shape index (κ1) is 19.5. The number of ether oxygens (including phenoxy) is 2. The Balaban J connectivity index is 1.90. The topological polar surface area (TPSA) is 62.8 Å². The van der Waals surface area contributed by atoms with E-state index < -0.39 is 0 Å². The molecule has 6 heteroatoms. The van der Waals surface area contributed by atoms with Crippen molar-refractivity contribution in [1.82, 2.24) is 10.2 Å². The number of nitrogens with zero attached hydrogens (tertiary/aromatic N) is 1. The highest BCUT2D eigenvalue weighted by atomic mass is 16.5. The van der Waals surface area contributed by atoms with Crippen molar-refractivity contribution in [3.63, 3.8) is 0 Å². The van der Waals surface area contributed by atoms with Gasteiger partial charge in [0.2, 0.25) is 0 Å². The molecular formula is C19H31N3O3. The van der Waals surface area contributed by atoms with Crippen LogP contribution in [-0.4, -0.2) is 56.9 Å². The molecule has 0 aromatic heterocycles. The maximum atomic E-state index is 12.3. The number of hydrogen-bond donors (Lipinski definition) is 2. The van der Waals surface area contributed by atoms with Crippen LogP contribution in [0.2, 0.25) is 0 Å². The molecule has 0 spiro atoms. The van der Waals surface area contributed by atoms with Gasteiger partial charge in [-0.2, -0.15) is 0 Å². The van der Waals surface area contributed by atoms with E-state index in [1.807, 2.05) is 24.3 Å². The van der Waals surface area contributed by atoms with Gasteiger partial charge in [0.15, 0.2) is 0 Å². The van der Waals surface area contributed by atoms with E-state index in [9.17, 15) is 4.79 Å².